The Labute approximate surface area is 111 Å². The molecule has 1 heterocycles. The van der Waals surface area contributed by atoms with Crippen molar-refractivity contribution in [3.63, 3.8) is 0 Å². The predicted octanol–water partition coefficient (Wildman–Crippen LogP) is 2.26. The Bertz CT molecular complexity index is 538. The highest BCUT2D eigenvalue weighted by Crippen LogP contribution is 2.14. The number of amides is 2. The third-order valence-electron chi connectivity index (χ3n) is 2.71. The number of imidazole rings is 1. The second kappa shape index (κ2) is 5.90. The molecule has 0 aliphatic carbocycles. The van der Waals surface area contributed by atoms with Crippen molar-refractivity contribution >= 4 is 17.4 Å². The van der Waals surface area contributed by atoms with Gasteiger partial charge >= 0.3 is 6.03 Å². The molecule has 0 bridgehead atoms. The lowest BCUT2D eigenvalue weighted by molar-refractivity contribution is 0.247. The standard InChI is InChI=1S/C13H17N5O/c1-2-11(12-15-6-7-16-12)18-13(19)17-10-5-3-4-9(14)8-10/h3-8,11H,2,14H2,1H3,(H,15,16)(H2,17,18,19). The molecule has 0 saturated carbocycles. The van der Waals surface area contributed by atoms with E-state index in [1.807, 2.05) is 6.92 Å². The summed E-state index contributed by atoms with van der Waals surface area (Å²) in [6.07, 6.45) is 4.14. The molecule has 2 amide bonds. The Hall–Kier alpha value is -2.50. The van der Waals surface area contributed by atoms with Gasteiger partial charge in [-0.05, 0) is 24.6 Å². The maximum atomic E-state index is 11.9. The Balaban J connectivity index is 1.97. The average Bonchev–Trinajstić information content (AvgIpc) is 2.89. The highest BCUT2D eigenvalue weighted by molar-refractivity contribution is 5.89. The van der Waals surface area contributed by atoms with Crippen molar-refractivity contribution in [2.75, 3.05) is 11.1 Å². The second-order valence-corrected chi connectivity index (χ2v) is 4.16. The predicted molar refractivity (Wildman–Crippen MR) is 74.6 cm³/mol. The van der Waals surface area contributed by atoms with Crippen LogP contribution in [0.5, 0.6) is 0 Å². The number of aromatic nitrogens is 2. The molecule has 100 valence electrons. The zero-order valence-corrected chi connectivity index (χ0v) is 10.7. The van der Waals surface area contributed by atoms with Gasteiger partial charge in [-0.15, -0.1) is 0 Å². The summed E-state index contributed by atoms with van der Waals surface area (Å²) < 4.78 is 0. The lowest BCUT2D eigenvalue weighted by Gasteiger charge is -2.15. The SMILES string of the molecule is CCC(NC(=O)Nc1cccc(N)c1)c1ncc[nH]1. The summed E-state index contributed by atoms with van der Waals surface area (Å²) in [6, 6.07) is 6.61. The van der Waals surface area contributed by atoms with E-state index in [4.69, 9.17) is 5.73 Å². The summed E-state index contributed by atoms with van der Waals surface area (Å²) in [5.41, 5.74) is 6.92. The number of rotatable bonds is 4. The molecule has 2 aromatic rings. The summed E-state index contributed by atoms with van der Waals surface area (Å²) >= 11 is 0. The number of carbonyl (C=O) groups is 1. The Kier molecular flexibility index (Phi) is 4.02. The van der Waals surface area contributed by atoms with Gasteiger partial charge in [-0.3, -0.25) is 0 Å². The monoisotopic (exact) mass is 259 g/mol. The number of carbonyl (C=O) groups excluding carboxylic acids is 1. The van der Waals surface area contributed by atoms with E-state index in [0.717, 1.165) is 12.2 Å². The molecule has 0 radical (unpaired) electrons. The molecule has 0 spiro atoms. The van der Waals surface area contributed by atoms with Crippen LogP contribution in [0.25, 0.3) is 0 Å². The molecule has 0 fully saturated rings. The molecular formula is C13H17N5O. The summed E-state index contributed by atoms with van der Waals surface area (Å²) in [5.74, 6) is 0.741. The molecule has 0 saturated heterocycles. The van der Waals surface area contributed by atoms with Crippen LogP contribution in [0.2, 0.25) is 0 Å². The first-order valence-corrected chi connectivity index (χ1v) is 6.11. The van der Waals surface area contributed by atoms with Crippen LogP contribution in [0.1, 0.15) is 25.2 Å². The summed E-state index contributed by atoms with van der Waals surface area (Å²) in [5, 5.41) is 5.59. The molecule has 0 aliphatic rings. The van der Waals surface area contributed by atoms with Gasteiger partial charge in [-0.2, -0.15) is 0 Å². The van der Waals surface area contributed by atoms with Gasteiger partial charge in [0, 0.05) is 23.8 Å². The molecule has 1 unspecified atom stereocenters. The van der Waals surface area contributed by atoms with Crippen LogP contribution in [0.15, 0.2) is 36.7 Å². The van der Waals surface area contributed by atoms with E-state index in [1.54, 1.807) is 36.7 Å². The van der Waals surface area contributed by atoms with Crippen molar-refractivity contribution in [1.29, 1.82) is 0 Å². The van der Waals surface area contributed by atoms with E-state index in [9.17, 15) is 4.79 Å². The van der Waals surface area contributed by atoms with Crippen molar-refractivity contribution < 1.29 is 4.79 Å². The molecule has 6 heteroatoms. The Morgan fingerprint density at radius 1 is 1.53 bits per heavy atom. The molecule has 5 N–H and O–H groups in total. The van der Waals surface area contributed by atoms with Gasteiger partial charge in [0.05, 0.1) is 6.04 Å². The summed E-state index contributed by atoms with van der Waals surface area (Å²) in [4.78, 5) is 19.0. The van der Waals surface area contributed by atoms with Crippen LogP contribution in [0.3, 0.4) is 0 Å². The topological polar surface area (TPSA) is 95.8 Å². The maximum Gasteiger partial charge on any atom is 0.319 e. The van der Waals surface area contributed by atoms with Gasteiger partial charge < -0.3 is 21.4 Å². The van der Waals surface area contributed by atoms with Gasteiger partial charge in [0.15, 0.2) is 0 Å². The minimum Gasteiger partial charge on any atom is -0.399 e. The van der Waals surface area contributed by atoms with Crippen LogP contribution >= 0.6 is 0 Å². The molecule has 19 heavy (non-hydrogen) atoms. The van der Waals surface area contributed by atoms with Crippen molar-refractivity contribution in [2.45, 2.75) is 19.4 Å². The molecule has 1 aromatic heterocycles. The first-order chi connectivity index (χ1) is 9.19. The van der Waals surface area contributed by atoms with Gasteiger partial charge in [0.1, 0.15) is 5.82 Å². The number of urea groups is 1. The molecule has 1 atom stereocenters. The fourth-order valence-corrected chi connectivity index (χ4v) is 1.77. The zero-order chi connectivity index (χ0) is 13.7. The van der Waals surface area contributed by atoms with Crippen LogP contribution in [0, 0.1) is 0 Å². The number of nitrogens with one attached hydrogen (secondary N) is 3. The largest absolute Gasteiger partial charge is 0.399 e. The van der Waals surface area contributed by atoms with Gasteiger partial charge in [-0.1, -0.05) is 13.0 Å². The average molecular weight is 259 g/mol. The van der Waals surface area contributed by atoms with Crippen molar-refractivity contribution in [3.8, 4) is 0 Å². The number of hydrogen-bond donors (Lipinski definition) is 4. The fourth-order valence-electron chi connectivity index (χ4n) is 1.77. The first kappa shape index (κ1) is 12.9. The maximum absolute atomic E-state index is 11.9. The fraction of sp³-hybridized carbons (Fsp3) is 0.231. The van der Waals surface area contributed by atoms with E-state index >= 15 is 0 Å². The summed E-state index contributed by atoms with van der Waals surface area (Å²) in [7, 11) is 0. The van der Waals surface area contributed by atoms with Crippen LogP contribution < -0.4 is 16.4 Å². The number of hydrogen-bond acceptors (Lipinski definition) is 3. The van der Waals surface area contributed by atoms with E-state index in [1.165, 1.54) is 0 Å². The normalized spacial score (nSPS) is 11.8. The molecule has 1 aromatic carbocycles. The lowest BCUT2D eigenvalue weighted by Crippen LogP contribution is -2.32. The Morgan fingerprint density at radius 2 is 2.37 bits per heavy atom. The molecule has 2 rings (SSSR count). The number of nitrogens with zero attached hydrogens (tertiary/aromatic N) is 1. The van der Waals surface area contributed by atoms with Gasteiger partial charge in [-0.25, -0.2) is 9.78 Å². The van der Waals surface area contributed by atoms with Gasteiger partial charge in [0.2, 0.25) is 0 Å². The van der Waals surface area contributed by atoms with Crippen molar-refractivity contribution in [1.82, 2.24) is 15.3 Å². The quantitative estimate of drug-likeness (QED) is 0.634. The van der Waals surface area contributed by atoms with E-state index < -0.39 is 0 Å². The molecule has 6 nitrogen and oxygen atoms in total. The first-order valence-electron chi connectivity index (χ1n) is 6.11. The number of nitrogens with two attached hydrogens (primary N) is 1. The third-order valence-corrected chi connectivity index (χ3v) is 2.71. The van der Waals surface area contributed by atoms with Crippen LogP contribution in [-0.2, 0) is 0 Å². The zero-order valence-electron chi connectivity index (χ0n) is 10.7. The number of aromatic amines is 1. The van der Waals surface area contributed by atoms with Crippen LogP contribution in [0.4, 0.5) is 16.2 Å². The molecule has 0 aliphatic heterocycles. The van der Waals surface area contributed by atoms with Crippen molar-refractivity contribution in [3.05, 3.63) is 42.5 Å². The van der Waals surface area contributed by atoms with E-state index in [0.29, 0.717) is 11.4 Å². The minimum atomic E-state index is -0.283. The van der Waals surface area contributed by atoms with Gasteiger partial charge in [0.25, 0.3) is 0 Å². The second-order valence-electron chi connectivity index (χ2n) is 4.16. The van der Waals surface area contributed by atoms with Crippen molar-refractivity contribution in [2.24, 2.45) is 0 Å². The number of anilines is 2. The highest BCUT2D eigenvalue weighted by Gasteiger charge is 2.14. The van der Waals surface area contributed by atoms with E-state index in [2.05, 4.69) is 20.6 Å². The number of nitrogen functional groups attached to an aromatic ring is 1. The Morgan fingerprint density at radius 3 is 3.00 bits per heavy atom. The lowest BCUT2D eigenvalue weighted by atomic mass is 10.2. The highest BCUT2D eigenvalue weighted by atomic mass is 16.2. The van der Waals surface area contributed by atoms with Crippen LogP contribution in [-0.4, -0.2) is 16.0 Å². The minimum absolute atomic E-state index is 0.143. The number of benzene rings is 1. The van der Waals surface area contributed by atoms with E-state index in [-0.39, 0.29) is 12.1 Å². The summed E-state index contributed by atoms with van der Waals surface area (Å²) in [6.45, 7) is 1.98. The third kappa shape index (κ3) is 3.48. The smallest absolute Gasteiger partial charge is 0.319 e. The molecular weight excluding hydrogens is 242 g/mol. The number of H-pyrrole nitrogens is 1.